The van der Waals surface area contributed by atoms with E-state index >= 15 is 0 Å². The summed E-state index contributed by atoms with van der Waals surface area (Å²) in [6.07, 6.45) is 5.88. The molecule has 2 N–H and O–H groups in total. The monoisotopic (exact) mass is 250 g/mol. The van der Waals surface area contributed by atoms with Crippen LogP contribution in [0.25, 0.3) is 0 Å². The van der Waals surface area contributed by atoms with Gasteiger partial charge >= 0.3 is 0 Å². The molecular formula is C13H22N4O. The first-order valence-corrected chi connectivity index (χ1v) is 6.67. The molecule has 0 spiro atoms. The third kappa shape index (κ3) is 3.32. The molecule has 0 aliphatic carbocycles. The molecule has 1 aromatic heterocycles. The van der Waals surface area contributed by atoms with Crippen LogP contribution in [0, 0.1) is 12.8 Å². The largest absolute Gasteiger partial charge is 0.354 e. The van der Waals surface area contributed by atoms with Gasteiger partial charge in [-0.2, -0.15) is 5.10 Å². The van der Waals surface area contributed by atoms with Crippen LogP contribution >= 0.6 is 0 Å². The molecule has 2 rings (SSSR count). The lowest BCUT2D eigenvalue weighted by atomic mass is 9.91. The van der Waals surface area contributed by atoms with E-state index in [0.717, 1.165) is 31.5 Å². The number of nitrogens with one attached hydrogen (secondary N) is 2. The van der Waals surface area contributed by atoms with Gasteiger partial charge in [0.1, 0.15) is 0 Å². The molecule has 0 bridgehead atoms. The third-order valence-electron chi connectivity index (χ3n) is 3.50. The highest BCUT2D eigenvalue weighted by Gasteiger charge is 2.26. The van der Waals surface area contributed by atoms with Gasteiger partial charge < -0.3 is 10.6 Å². The zero-order valence-corrected chi connectivity index (χ0v) is 11.1. The van der Waals surface area contributed by atoms with E-state index in [1.165, 1.54) is 0 Å². The average Bonchev–Trinajstić information content (AvgIpc) is 2.75. The molecule has 1 fully saturated rings. The summed E-state index contributed by atoms with van der Waals surface area (Å²) in [4.78, 5) is 12.0. The molecule has 0 aromatic carbocycles. The number of hydrogen-bond donors (Lipinski definition) is 2. The molecule has 1 aromatic rings. The summed E-state index contributed by atoms with van der Waals surface area (Å²) in [6.45, 7) is 6.49. The Morgan fingerprint density at radius 2 is 2.50 bits per heavy atom. The number of carbonyl (C=O) groups is 1. The number of rotatable bonds is 4. The van der Waals surface area contributed by atoms with E-state index in [4.69, 9.17) is 0 Å². The van der Waals surface area contributed by atoms with Gasteiger partial charge in [-0.15, -0.1) is 0 Å². The molecule has 1 aliphatic rings. The maximum Gasteiger partial charge on any atom is 0.224 e. The maximum absolute atomic E-state index is 12.0. The van der Waals surface area contributed by atoms with Gasteiger partial charge in [0.25, 0.3) is 0 Å². The second-order valence-electron chi connectivity index (χ2n) is 5.06. The summed E-state index contributed by atoms with van der Waals surface area (Å²) >= 11 is 0. The number of aryl methyl sites for hydroxylation is 1. The van der Waals surface area contributed by atoms with Crippen LogP contribution in [0.5, 0.6) is 0 Å². The van der Waals surface area contributed by atoms with Gasteiger partial charge in [-0.25, -0.2) is 0 Å². The Hall–Kier alpha value is -1.36. The normalized spacial score (nSPS) is 23.9. The molecule has 1 amide bonds. The molecule has 1 saturated heterocycles. The van der Waals surface area contributed by atoms with Gasteiger partial charge in [0.2, 0.25) is 5.91 Å². The Morgan fingerprint density at radius 1 is 1.67 bits per heavy atom. The van der Waals surface area contributed by atoms with E-state index in [2.05, 4.69) is 22.7 Å². The van der Waals surface area contributed by atoms with Crippen LogP contribution in [0.3, 0.4) is 0 Å². The highest BCUT2D eigenvalue weighted by atomic mass is 16.1. The van der Waals surface area contributed by atoms with E-state index in [-0.39, 0.29) is 17.9 Å². The molecule has 2 heterocycles. The summed E-state index contributed by atoms with van der Waals surface area (Å²) in [5.74, 6) is 0.275. The van der Waals surface area contributed by atoms with Crippen molar-refractivity contribution in [2.75, 3.05) is 13.1 Å². The zero-order chi connectivity index (χ0) is 13.0. The SMILES string of the molecule is Cc1cnn(CCNC(=O)C2CCCNC2C)c1. The van der Waals surface area contributed by atoms with Crippen molar-refractivity contribution in [2.45, 2.75) is 39.3 Å². The van der Waals surface area contributed by atoms with Gasteiger partial charge in [0, 0.05) is 18.8 Å². The zero-order valence-electron chi connectivity index (χ0n) is 11.1. The molecule has 18 heavy (non-hydrogen) atoms. The van der Waals surface area contributed by atoms with Gasteiger partial charge in [0.15, 0.2) is 0 Å². The van der Waals surface area contributed by atoms with Crippen molar-refractivity contribution in [1.29, 1.82) is 0 Å². The predicted molar refractivity (Wildman–Crippen MR) is 70.2 cm³/mol. The van der Waals surface area contributed by atoms with Crippen LogP contribution in [0.2, 0.25) is 0 Å². The van der Waals surface area contributed by atoms with Crippen molar-refractivity contribution in [3.63, 3.8) is 0 Å². The minimum Gasteiger partial charge on any atom is -0.354 e. The number of amides is 1. The molecule has 2 atom stereocenters. The van der Waals surface area contributed by atoms with Crippen molar-refractivity contribution < 1.29 is 4.79 Å². The first-order chi connectivity index (χ1) is 8.66. The number of hydrogen-bond acceptors (Lipinski definition) is 3. The molecule has 5 heteroatoms. The quantitative estimate of drug-likeness (QED) is 0.827. The van der Waals surface area contributed by atoms with Crippen molar-refractivity contribution in [2.24, 2.45) is 5.92 Å². The Labute approximate surface area is 108 Å². The Kier molecular flexibility index (Phi) is 4.36. The highest BCUT2D eigenvalue weighted by Crippen LogP contribution is 2.15. The van der Waals surface area contributed by atoms with E-state index in [9.17, 15) is 4.79 Å². The van der Waals surface area contributed by atoms with Crippen LogP contribution in [0.1, 0.15) is 25.3 Å². The minimum absolute atomic E-state index is 0.109. The summed E-state index contributed by atoms with van der Waals surface area (Å²) < 4.78 is 1.86. The van der Waals surface area contributed by atoms with E-state index in [0.29, 0.717) is 6.54 Å². The predicted octanol–water partition coefficient (Wildman–Crippen LogP) is 0.696. The van der Waals surface area contributed by atoms with Crippen LogP contribution in [-0.2, 0) is 11.3 Å². The molecule has 5 nitrogen and oxygen atoms in total. The van der Waals surface area contributed by atoms with Crippen LogP contribution < -0.4 is 10.6 Å². The molecular weight excluding hydrogens is 228 g/mol. The number of piperidine rings is 1. The molecule has 2 unspecified atom stereocenters. The third-order valence-corrected chi connectivity index (χ3v) is 3.50. The average molecular weight is 250 g/mol. The van der Waals surface area contributed by atoms with Gasteiger partial charge in [-0.05, 0) is 38.8 Å². The fourth-order valence-corrected chi connectivity index (χ4v) is 2.42. The second-order valence-corrected chi connectivity index (χ2v) is 5.06. The van der Waals surface area contributed by atoms with Gasteiger partial charge in [-0.1, -0.05) is 0 Å². The van der Waals surface area contributed by atoms with Gasteiger partial charge in [0.05, 0.1) is 18.7 Å². The van der Waals surface area contributed by atoms with Crippen LogP contribution in [0.15, 0.2) is 12.4 Å². The topological polar surface area (TPSA) is 59.0 Å². The lowest BCUT2D eigenvalue weighted by molar-refractivity contribution is -0.126. The Balaban J connectivity index is 1.74. The lowest BCUT2D eigenvalue weighted by Gasteiger charge is -2.28. The lowest BCUT2D eigenvalue weighted by Crippen LogP contribution is -2.47. The second kappa shape index (κ2) is 6.00. The summed E-state index contributed by atoms with van der Waals surface area (Å²) in [5, 5.41) is 10.5. The standard InChI is InChI=1S/C13H22N4O/c1-10-8-16-17(9-10)7-6-15-13(18)12-4-3-5-14-11(12)2/h8-9,11-12,14H,3-7H2,1-2H3,(H,15,18). The van der Waals surface area contributed by atoms with Crippen molar-refractivity contribution >= 4 is 5.91 Å². The first-order valence-electron chi connectivity index (χ1n) is 6.67. The summed E-state index contributed by atoms with van der Waals surface area (Å²) in [7, 11) is 0. The van der Waals surface area contributed by atoms with Crippen LogP contribution in [-0.4, -0.2) is 34.8 Å². The van der Waals surface area contributed by atoms with E-state index in [1.54, 1.807) is 0 Å². The smallest absolute Gasteiger partial charge is 0.224 e. The maximum atomic E-state index is 12.0. The van der Waals surface area contributed by atoms with Gasteiger partial charge in [-0.3, -0.25) is 9.48 Å². The van der Waals surface area contributed by atoms with Crippen molar-refractivity contribution in [1.82, 2.24) is 20.4 Å². The fourth-order valence-electron chi connectivity index (χ4n) is 2.42. The Morgan fingerprint density at radius 3 is 3.17 bits per heavy atom. The Bertz CT molecular complexity index is 401. The van der Waals surface area contributed by atoms with Crippen LogP contribution in [0.4, 0.5) is 0 Å². The molecule has 1 aliphatic heterocycles. The van der Waals surface area contributed by atoms with Crippen molar-refractivity contribution in [3.8, 4) is 0 Å². The molecule has 0 saturated carbocycles. The fraction of sp³-hybridized carbons (Fsp3) is 0.692. The summed E-state index contributed by atoms with van der Waals surface area (Å²) in [6, 6.07) is 0.283. The summed E-state index contributed by atoms with van der Waals surface area (Å²) in [5.41, 5.74) is 1.14. The minimum atomic E-state index is 0.109. The first kappa shape index (κ1) is 13.1. The van der Waals surface area contributed by atoms with E-state index < -0.39 is 0 Å². The molecule has 100 valence electrons. The number of nitrogens with zero attached hydrogens (tertiary/aromatic N) is 2. The highest BCUT2D eigenvalue weighted by molar-refractivity contribution is 5.79. The number of carbonyl (C=O) groups excluding carboxylic acids is 1. The number of aromatic nitrogens is 2. The van der Waals surface area contributed by atoms with Crippen molar-refractivity contribution in [3.05, 3.63) is 18.0 Å². The van der Waals surface area contributed by atoms with E-state index in [1.807, 2.05) is 24.0 Å². The molecule has 0 radical (unpaired) electrons.